The molecule has 3 aromatic carbocycles. The number of nitrogens with zero attached hydrogens (tertiary/aromatic N) is 3. The predicted octanol–water partition coefficient (Wildman–Crippen LogP) is 6.11. The van der Waals surface area contributed by atoms with Crippen molar-refractivity contribution in [2.75, 3.05) is 0 Å². The SMILES string of the molecule is C=CCn1c2ccccc2c2cc(-c3nc4cc(C(=O)O)ccc4n3CC3CC3)ccc21. The van der Waals surface area contributed by atoms with Gasteiger partial charge in [-0.25, -0.2) is 9.78 Å². The molecule has 5 nitrogen and oxygen atoms in total. The number of aromatic carboxylic acids is 1. The van der Waals surface area contributed by atoms with Crippen LogP contribution in [0.3, 0.4) is 0 Å². The van der Waals surface area contributed by atoms with Crippen LogP contribution in [-0.2, 0) is 13.1 Å². The summed E-state index contributed by atoms with van der Waals surface area (Å²) in [5, 5.41) is 11.8. The second-order valence-corrected chi connectivity index (χ2v) is 8.65. The normalized spacial score (nSPS) is 13.9. The van der Waals surface area contributed by atoms with Crippen LogP contribution in [0.2, 0.25) is 0 Å². The van der Waals surface area contributed by atoms with Gasteiger partial charge in [-0.15, -0.1) is 6.58 Å². The molecule has 1 aliphatic rings. The summed E-state index contributed by atoms with van der Waals surface area (Å²) in [6, 6.07) is 20.2. The first-order valence-corrected chi connectivity index (χ1v) is 11.0. The number of fused-ring (bicyclic) bond motifs is 4. The van der Waals surface area contributed by atoms with Gasteiger partial charge in [0.2, 0.25) is 0 Å². The van der Waals surface area contributed by atoms with Crippen molar-refractivity contribution in [1.29, 1.82) is 0 Å². The van der Waals surface area contributed by atoms with E-state index in [-0.39, 0.29) is 5.56 Å². The molecule has 0 saturated heterocycles. The Morgan fingerprint density at radius 2 is 1.78 bits per heavy atom. The van der Waals surface area contributed by atoms with Crippen molar-refractivity contribution in [2.45, 2.75) is 25.9 Å². The number of carboxylic acid groups (broad SMARTS) is 1. The van der Waals surface area contributed by atoms with Crippen molar-refractivity contribution in [2.24, 2.45) is 5.92 Å². The molecule has 5 heteroatoms. The fraction of sp³-hybridized carbons (Fsp3) is 0.185. The smallest absolute Gasteiger partial charge is 0.335 e. The van der Waals surface area contributed by atoms with Crippen LogP contribution >= 0.6 is 0 Å². The van der Waals surface area contributed by atoms with Crippen LogP contribution in [0.1, 0.15) is 23.2 Å². The molecule has 0 unspecified atom stereocenters. The van der Waals surface area contributed by atoms with Gasteiger partial charge in [0.15, 0.2) is 0 Å². The highest BCUT2D eigenvalue weighted by molar-refractivity contribution is 6.09. The lowest BCUT2D eigenvalue weighted by atomic mass is 10.1. The number of hydrogen-bond donors (Lipinski definition) is 1. The maximum absolute atomic E-state index is 11.5. The summed E-state index contributed by atoms with van der Waals surface area (Å²) in [6.07, 6.45) is 4.40. The summed E-state index contributed by atoms with van der Waals surface area (Å²) in [5.74, 6) is 0.641. The maximum atomic E-state index is 11.5. The van der Waals surface area contributed by atoms with E-state index in [2.05, 4.69) is 58.2 Å². The van der Waals surface area contributed by atoms with Gasteiger partial charge in [-0.2, -0.15) is 0 Å². The van der Waals surface area contributed by atoms with Gasteiger partial charge < -0.3 is 14.2 Å². The van der Waals surface area contributed by atoms with Crippen molar-refractivity contribution in [1.82, 2.24) is 14.1 Å². The Hall–Kier alpha value is -3.86. The van der Waals surface area contributed by atoms with Gasteiger partial charge >= 0.3 is 5.97 Å². The molecule has 1 fully saturated rings. The lowest BCUT2D eigenvalue weighted by Gasteiger charge is -2.09. The molecule has 1 N–H and O–H groups in total. The third-order valence-corrected chi connectivity index (χ3v) is 6.48. The Labute approximate surface area is 185 Å². The average molecular weight is 422 g/mol. The molecule has 2 aromatic heterocycles. The van der Waals surface area contributed by atoms with E-state index in [0.29, 0.717) is 5.92 Å². The number of rotatable bonds is 6. The number of aromatic nitrogens is 3. The molecule has 0 spiro atoms. The fourth-order valence-corrected chi connectivity index (χ4v) is 4.75. The van der Waals surface area contributed by atoms with Crippen molar-refractivity contribution < 1.29 is 9.90 Å². The van der Waals surface area contributed by atoms with Crippen LogP contribution < -0.4 is 0 Å². The number of carbonyl (C=O) groups is 1. The Balaban J connectivity index is 1.59. The topological polar surface area (TPSA) is 60.1 Å². The monoisotopic (exact) mass is 421 g/mol. The van der Waals surface area contributed by atoms with Gasteiger partial charge in [0.05, 0.1) is 16.6 Å². The highest BCUT2D eigenvalue weighted by Crippen LogP contribution is 2.37. The molecule has 0 aliphatic heterocycles. The first-order valence-electron chi connectivity index (χ1n) is 11.0. The first-order chi connectivity index (χ1) is 15.6. The van der Waals surface area contributed by atoms with E-state index in [0.717, 1.165) is 35.5 Å². The number of imidazole rings is 1. The van der Waals surface area contributed by atoms with Crippen LogP contribution in [0.25, 0.3) is 44.2 Å². The zero-order valence-corrected chi connectivity index (χ0v) is 17.7. The molecule has 1 aliphatic carbocycles. The number of hydrogen-bond acceptors (Lipinski definition) is 2. The third-order valence-electron chi connectivity index (χ3n) is 6.48. The van der Waals surface area contributed by atoms with E-state index in [1.54, 1.807) is 12.1 Å². The molecule has 0 radical (unpaired) electrons. The summed E-state index contributed by atoms with van der Waals surface area (Å²) >= 11 is 0. The summed E-state index contributed by atoms with van der Waals surface area (Å²) in [6.45, 7) is 5.59. The van der Waals surface area contributed by atoms with Gasteiger partial charge in [-0.1, -0.05) is 24.3 Å². The number of allylic oxidation sites excluding steroid dienone is 1. The summed E-state index contributed by atoms with van der Waals surface area (Å²) in [4.78, 5) is 16.4. The van der Waals surface area contributed by atoms with Gasteiger partial charge in [0, 0.05) is 40.5 Å². The zero-order chi connectivity index (χ0) is 21.8. The van der Waals surface area contributed by atoms with Crippen LogP contribution in [-0.4, -0.2) is 25.2 Å². The number of benzene rings is 3. The predicted molar refractivity (Wildman–Crippen MR) is 128 cm³/mol. The van der Waals surface area contributed by atoms with E-state index in [1.807, 2.05) is 12.1 Å². The van der Waals surface area contributed by atoms with Crippen LogP contribution in [0.15, 0.2) is 73.3 Å². The molecule has 1 saturated carbocycles. The molecule has 0 atom stereocenters. The van der Waals surface area contributed by atoms with Crippen molar-refractivity contribution >= 4 is 38.8 Å². The molecule has 2 heterocycles. The Bertz CT molecular complexity index is 1540. The fourth-order valence-electron chi connectivity index (χ4n) is 4.75. The van der Waals surface area contributed by atoms with Crippen molar-refractivity contribution in [3.05, 3.63) is 78.9 Å². The van der Waals surface area contributed by atoms with Crippen LogP contribution in [0, 0.1) is 5.92 Å². The molecule has 5 aromatic rings. The molecule has 0 amide bonds. The summed E-state index contributed by atoms with van der Waals surface area (Å²) < 4.78 is 4.55. The van der Waals surface area contributed by atoms with Gasteiger partial charge in [0.1, 0.15) is 5.82 Å². The van der Waals surface area contributed by atoms with E-state index in [9.17, 15) is 9.90 Å². The van der Waals surface area contributed by atoms with Crippen molar-refractivity contribution in [3.8, 4) is 11.4 Å². The average Bonchev–Trinajstić information content (AvgIpc) is 3.49. The van der Waals surface area contributed by atoms with E-state index in [4.69, 9.17) is 4.98 Å². The van der Waals surface area contributed by atoms with Gasteiger partial charge in [-0.05, 0) is 61.2 Å². The molecule has 158 valence electrons. The molecular weight excluding hydrogens is 398 g/mol. The van der Waals surface area contributed by atoms with E-state index in [1.165, 1.54) is 34.6 Å². The maximum Gasteiger partial charge on any atom is 0.335 e. The lowest BCUT2D eigenvalue weighted by molar-refractivity contribution is 0.0697. The number of carboxylic acids is 1. The second-order valence-electron chi connectivity index (χ2n) is 8.65. The third kappa shape index (κ3) is 2.93. The summed E-state index contributed by atoms with van der Waals surface area (Å²) in [5.41, 5.74) is 5.40. The van der Waals surface area contributed by atoms with Gasteiger partial charge in [0.25, 0.3) is 0 Å². The zero-order valence-electron chi connectivity index (χ0n) is 17.7. The Kier molecular flexibility index (Phi) is 4.18. The first kappa shape index (κ1) is 18.9. The molecule has 6 rings (SSSR count). The molecule has 0 bridgehead atoms. The number of para-hydroxylation sites is 1. The van der Waals surface area contributed by atoms with Crippen molar-refractivity contribution in [3.63, 3.8) is 0 Å². The van der Waals surface area contributed by atoms with Crippen LogP contribution in [0.5, 0.6) is 0 Å². The highest BCUT2D eigenvalue weighted by Gasteiger charge is 2.25. The van der Waals surface area contributed by atoms with E-state index < -0.39 is 5.97 Å². The largest absolute Gasteiger partial charge is 0.478 e. The summed E-state index contributed by atoms with van der Waals surface area (Å²) in [7, 11) is 0. The minimum atomic E-state index is -0.929. The second kappa shape index (κ2) is 7.09. The minimum Gasteiger partial charge on any atom is -0.478 e. The molecule has 32 heavy (non-hydrogen) atoms. The lowest BCUT2D eigenvalue weighted by Crippen LogP contribution is -2.02. The standard InChI is InChI=1S/C27H23N3O2/c1-2-13-29-23-6-4-3-5-20(23)21-14-18(9-11-24(21)29)26-28-22-15-19(27(31)32)10-12-25(22)30(26)16-17-7-8-17/h2-6,9-12,14-15,17H,1,7-8,13,16H2,(H,31,32). The highest BCUT2D eigenvalue weighted by atomic mass is 16.4. The Morgan fingerprint density at radius 1 is 1.00 bits per heavy atom. The quantitative estimate of drug-likeness (QED) is 0.337. The van der Waals surface area contributed by atoms with E-state index >= 15 is 0 Å². The molecular formula is C27H23N3O2. The Morgan fingerprint density at radius 3 is 2.56 bits per heavy atom. The van der Waals surface area contributed by atoms with Crippen LogP contribution in [0.4, 0.5) is 0 Å². The van der Waals surface area contributed by atoms with Gasteiger partial charge in [-0.3, -0.25) is 0 Å². The minimum absolute atomic E-state index is 0.267.